The second-order valence-corrected chi connectivity index (χ2v) is 5.90. The molecule has 1 fully saturated rings. The third kappa shape index (κ3) is 2.95. The fourth-order valence-electron chi connectivity index (χ4n) is 3.21. The van der Waals surface area contributed by atoms with Gasteiger partial charge in [0.1, 0.15) is 5.75 Å². The van der Waals surface area contributed by atoms with Crippen molar-refractivity contribution in [2.75, 3.05) is 37.7 Å². The maximum atomic E-state index is 12.9. The van der Waals surface area contributed by atoms with Crippen LogP contribution in [0.25, 0.3) is 0 Å². The molecule has 2 bridgehead atoms. The third-order valence-corrected chi connectivity index (χ3v) is 4.34. The van der Waals surface area contributed by atoms with Crippen molar-refractivity contribution in [3.8, 4) is 5.75 Å². The van der Waals surface area contributed by atoms with Crippen LogP contribution in [-0.4, -0.2) is 60.8 Å². The molecule has 1 aromatic rings. The van der Waals surface area contributed by atoms with Crippen LogP contribution in [0.3, 0.4) is 0 Å². The van der Waals surface area contributed by atoms with Crippen molar-refractivity contribution in [3.63, 3.8) is 0 Å². The smallest absolute Gasteiger partial charge is 0.244 e. The Morgan fingerprint density at radius 2 is 2.18 bits per heavy atom. The predicted molar refractivity (Wildman–Crippen MR) is 83.9 cm³/mol. The van der Waals surface area contributed by atoms with Gasteiger partial charge < -0.3 is 20.5 Å². The number of carbonyl (C=O) groups is 1. The minimum atomic E-state index is -0.310. The summed E-state index contributed by atoms with van der Waals surface area (Å²) >= 11 is 0. The fourth-order valence-corrected chi connectivity index (χ4v) is 3.21. The number of piperazine rings is 1. The number of carbonyl (C=O) groups excluding carboxylic acids is 1. The van der Waals surface area contributed by atoms with Gasteiger partial charge in [0.15, 0.2) is 0 Å². The van der Waals surface area contributed by atoms with E-state index in [1.54, 1.807) is 0 Å². The number of nitrogens with zero attached hydrogens (tertiary/aromatic N) is 2. The number of aliphatic hydroxyl groups is 1. The lowest BCUT2D eigenvalue weighted by atomic mass is 10.0. The Hall–Kier alpha value is -1.63. The number of amides is 1. The zero-order chi connectivity index (χ0) is 15.5. The van der Waals surface area contributed by atoms with E-state index in [0.717, 1.165) is 30.8 Å². The molecule has 6 heteroatoms. The van der Waals surface area contributed by atoms with Crippen LogP contribution in [0.4, 0.5) is 5.69 Å². The number of fused-ring (bicyclic) bond motifs is 4. The number of ether oxygens (including phenoxy) is 1. The molecule has 2 unspecified atom stereocenters. The van der Waals surface area contributed by atoms with Gasteiger partial charge in [0, 0.05) is 25.7 Å². The van der Waals surface area contributed by atoms with E-state index < -0.39 is 0 Å². The van der Waals surface area contributed by atoms with Gasteiger partial charge in [-0.05, 0) is 25.0 Å². The van der Waals surface area contributed by atoms with Crippen LogP contribution in [0, 0.1) is 0 Å². The number of hydrogen-bond donors (Lipinski definition) is 2. The largest absolute Gasteiger partial charge is 0.491 e. The highest BCUT2D eigenvalue weighted by Gasteiger charge is 2.37. The topological polar surface area (TPSA) is 79.0 Å². The second-order valence-electron chi connectivity index (χ2n) is 5.90. The summed E-state index contributed by atoms with van der Waals surface area (Å²) in [5.41, 5.74) is 6.71. The van der Waals surface area contributed by atoms with E-state index in [1.165, 1.54) is 0 Å². The van der Waals surface area contributed by atoms with E-state index >= 15 is 0 Å². The molecule has 2 aliphatic heterocycles. The molecule has 3 N–H and O–H groups in total. The molecular weight excluding hydrogens is 282 g/mol. The Labute approximate surface area is 130 Å². The number of para-hydroxylation sites is 2. The molecule has 1 amide bonds. The summed E-state index contributed by atoms with van der Waals surface area (Å²) in [4.78, 5) is 16.8. The van der Waals surface area contributed by atoms with E-state index in [-0.39, 0.29) is 24.6 Å². The first-order valence-corrected chi connectivity index (χ1v) is 7.84. The molecule has 0 aromatic heterocycles. The minimum absolute atomic E-state index is 0.0624. The molecule has 22 heavy (non-hydrogen) atoms. The number of benzene rings is 1. The standard InChI is InChI=1S/C16H23N3O3/c17-12(11-20)10-18-7-8-19-13-4-1-2-6-15(13)22-9-3-5-14(18)16(19)21/h1-2,4,6,12,14,20H,3,5,7-11,17H2. The normalized spacial score (nSPS) is 23.8. The summed E-state index contributed by atoms with van der Waals surface area (Å²) in [7, 11) is 0. The van der Waals surface area contributed by atoms with Gasteiger partial charge in [0.2, 0.25) is 5.91 Å². The molecule has 0 spiro atoms. The van der Waals surface area contributed by atoms with Crippen molar-refractivity contribution < 1.29 is 14.6 Å². The monoisotopic (exact) mass is 305 g/mol. The van der Waals surface area contributed by atoms with Crippen LogP contribution in [0.2, 0.25) is 0 Å². The maximum Gasteiger partial charge on any atom is 0.244 e. The number of nitrogens with two attached hydrogens (primary N) is 1. The van der Waals surface area contributed by atoms with Crippen LogP contribution in [-0.2, 0) is 4.79 Å². The Balaban J connectivity index is 1.87. The van der Waals surface area contributed by atoms with Crippen molar-refractivity contribution >= 4 is 11.6 Å². The Morgan fingerprint density at radius 3 is 3.00 bits per heavy atom. The van der Waals surface area contributed by atoms with Crippen molar-refractivity contribution in [3.05, 3.63) is 24.3 Å². The van der Waals surface area contributed by atoms with Gasteiger partial charge in [-0.3, -0.25) is 9.69 Å². The zero-order valence-corrected chi connectivity index (χ0v) is 12.6. The molecule has 0 aliphatic carbocycles. The molecule has 0 radical (unpaired) electrons. The first kappa shape index (κ1) is 15.3. The summed E-state index contributed by atoms with van der Waals surface area (Å²) < 4.78 is 5.83. The van der Waals surface area contributed by atoms with Gasteiger partial charge in [0.25, 0.3) is 0 Å². The molecule has 3 rings (SSSR count). The SMILES string of the molecule is NC(CO)CN1CCN2C(=O)C1CCCOc1ccccc12. The quantitative estimate of drug-likeness (QED) is 0.834. The summed E-state index contributed by atoms with van der Waals surface area (Å²) in [6.07, 6.45) is 1.57. The highest BCUT2D eigenvalue weighted by Crippen LogP contribution is 2.32. The van der Waals surface area contributed by atoms with Gasteiger partial charge in [-0.15, -0.1) is 0 Å². The van der Waals surface area contributed by atoms with E-state index in [0.29, 0.717) is 19.7 Å². The molecule has 2 atom stereocenters. The average Bonchev–Trinajstić information content (AvgIpc) is 2.57. The third-order valence-electron chi connectivity index (χ3n) is 4.34. The van der Waals surface area contributed by atoms with Crippen LogP contribution in [0.5, 0.6) is 5.75 Å². The molecule has 6 nitrogen and oxygen atoms in total. The second kappa shape index (κ2) is 6.64. The van der Waals surface area contributed by atoms with E-state index in [4.69, 9.17) is 15.6 Å². The van der Waals surface area contributed by atoms with Gasteiger partial charge in [-0.25, -0.2) is 0 Å². The molecule has 1 aromatic carbocycles. The fraction of sp³-hybridized carbons (Fsp3) is 0.562. The molecule has 120 valence electrons. The van der Waals surface area contributed by atoms with Gasteiger partial charge in [-0.1, -0.05) is 12.1 Å². The average molecular weight is 305 g/mol. The summed E-state index contributed by atoms with van der Waals surface area (Å²) in [6, 6.07) is 7.21. The van der Waals surface area contributed by atoms with Crippen molar-refractivity contribution in [2.45, 2.75) is 24.9 Å². The zero-order valence-electron chi connectivity index (χ0n) is 12.6. The van der Waals surface area contributed by atoms with Gasteiger partial charge in [-0.2, -0.15) is 0 Å². The summed E-state index contributed by atoms with van der Waals surface area (Å²) in [5.74, 6) is 0.881. The summed E-state index contributed by atoms with van der Waals surface area (Å²) in [5, 5.41) is 9.16. The Bertz CT molecular complexity index is 537. The molecule has 0 saturated carbocycles. The highest BCUT2D eigenvalue weighted by molar-refractivity contribution is 5.99. The van der Waals surface area contributed by atoms with Crippen molar-refractivity contribution in [2.24, 2.45) is 5.73 Å². The van der Waals surface area contributed by atoms with Crippen LogP contribution < -0.4 is 15.4 Å². The predicted octanol–water partition coefficient (Wildman–Crippen LogP) is 0.196. The van der Waals surface area contributed by atoms with E-state index in [1.807, 2.05) is 29.2 Å². The van der Waals surface area contributed by atoms with E-state index in [9.17, 15) is 4.79 Å². The molecule has 1 saturated heterocycles. The van der Waals surface area contributed by atoms with Crippen LogP contribution in [0.15, 0.2) is 24.3 Å². The Morgan fingerprint density at radius 1 is 1.36 bits per heavy atom. The van der Waals surface area contributed by atoms with Crippen LogP contribution >= 0.6 is 0 Å². The maximum absolute atomic E-state index is 12.9. The van der Waals surface area contributed by atoms with Gasteiger partial charge in [0.05, 0.1) is 24.9 Å². The van der Waals surface area contributed by atoms with Crippen molar-refractivity contribution in [1.82, 2.24) is 4.90 Å². The first-order valence-electron chi connectivity index (χ1n) is 7.84. The lowest BCUT2D eigenvalue weighted by Gasteiger charge is -2.41. The lowest BCUT2D eigenvalue weighted by Crippen LogP contribution is -2.59. The first-order chi connectivity index (χ1) is 10.7. The van der Waals surface area contributed by atoms with Crippen molar-refractivity contribution in [1.29, 1.82) is 0 Å². The van der Waals surface area contributed by atoms with Gasteiger partial charge >= 0.3 is 0 Å². The minimum Gasteiger partial charge on any atom is -0.491 e. The number of hydrogen-bond acceptors (Lipinski definition) is 5. The molecule has 2 heterocycles. The number of aliphatic hydroxyl groups excluding tert-OH is 1. The highest BCUT2D eigenvalue weighted by atomic mass is 16.5. The number of anilines is 1. The molecule has 2 aliphatic rings. The summed E-state index contributed by atoms with van der Waals surface area (Å²) in [6.45, 7) is 2.47. The number of rotatable bonds is 3. The van der Waals surface area contributed by atoms with E-state index in [2.05, 4.69) is 4.90 Å². The lowest BCUT2D eigenvalue weighted by molar-refractivity contribution is -0.126. The molecular formula is C16H23N3O3. The van der Waals surface area contributed by atoms with Crippen LogP contribution in [0.1, 0.15) is 12.8 Å². The Kier molecular flexibility index (Phi) is 4.61.